The highest BCUT2D eigenvalue weighted by molar-refractivity contribution is 9.18. The molecule has 0 amide bonds. The van der Waals surface area contributed by atoms with E-state index in [0.717, 1.165) is 33.6 Å². The molecule has 1 atom stereocenters. The second-order valence-corrected chi connectivity index (χ2v) is 7.39. The van der Waals surface area contributed by atoms with E-state index in [1.807, 2.05) is 32.0 Å². The molecular formula is C19H18BrF3N2O. The van der Waals surface area contributed by atoms with Crippen LogP contribution >= 0.6 is 15.9 Å². The summed E-state index contributed by atoms with van der Waals surface area (Å²) in [5, 5.41) is 7.03. The van der Waals surface area contributed by atoms with E-state index in [2.05, 4.69) is 26.4 Å². The predicted molar refractivity (Wildman–Crippen MR) is 100 cm³/mol. The smallest absolute Gasteiger partial charge is 0.386 e. The fraction of sp³-hybridized carbons (Fsp3) is 0.316. The van der Waals surface area contributed by atoms with Crippen LogP contribution in [-0.2, 0) is 11.0 Å². The summed E-state index contributed by atoms with van der Waals surface area (Å²) < 4.78 is 39.6. The molecule has 0 bridgehead atoms. The number of hydrogen-bond donors (Lipinski definition) is 1. The van der Waals surface area contributed by atoms with Gasteiger partial charge < -0.3 is 10.2 Å². The molecule has 2 aromatic rings. The second kappa shape index (κ2) is 7.31. The summed E-state index contributed by atoms with van der Waals surface area (Å²) in [6, 6.07) is 11.1. The zero-order chi connectivity index (χ0) is 18.9. The molecule has 0 saturated carbocycles. The molecule has 1 heterocycles. The average Bonchev–Trinajstić information content (AvgIpc) is 3.00. The van der Waals surface area contributed by atoms with Crippen molar-refractivity contribution in [2.24, 2.45) is 5.16 Å². The predicted octanol–water partition coefficient (Wildman–Crippen LogP) is 6.74. The number of nitrogens with one attached hydrogen (secondary N) is 1. The van der Waals surface area contributed by atoms with E-state index >= 15 is 0 Å². The van der Waals surface area contributed by atoms with Crippen LogP contribution in [-0.4, -0.2) is 4.62 Å². The normalized spacial score (nSPS) is 17.2. The van der Waals surface area contributed by atoms with Crippen molar-refractivity contribution < 1.29 is 18.0 Å². The van der Waals surface area contributed by atoms with E-state index in [0.29, 0.717) is 12.1 Å². The highest BCUT2D eigenvalue weighted by atomic mass is 79.9. The third kappa shape index (κ3) is 4.20. The average molecular weight is 427 g/mol. The summed E-state index contributed by atoms with van der Waals surface area (Å²) in [6.07, 6.45) is -3.95. The van der Waals surface area contributed by atoms with E-state index in [9.17, 15) is 13.2 Å². The van der Waals surface area contributed by atoms with Gasteiger partial charge in [-0.2, -0.15) is 13.2 Å². The van der Waals surface area contributed by atoms with Crippen LogP contribution in [0, 0.1) is 0 Å². The van der Waals surface area contributed by atoms with Gasteiger partial charge >= 0.3 is 6.18 Å². The summed E-state index contributed by atoms with van der Waals surface area (Å²) in [5.74, 6) is 0.213. The molecule has 3 rings (SSSR count). The summed E-state index contributed by atoms with van der Waals surface area (Å²) in [4.78, 5) is 5.39. The number of alkyl halides is 3. The van der Waals surface area contributed by atoms with Gasteiger partial charge in [-0.05, 0) is 57.2 Å². The Balaban J connectivity index is 1.92. The van der Waals surface area contributed by atoms with Crippen LogP contribution in [0.15, 0.2) is 47.6 Å². The van der Waals surface area contributed by atoms with Gasteiger partial charge in [-0.15, -0.1) is 0 Å². The molecular weight excluding hydrogens is 409 g/mol. The van der Waals surface area contributed by atoms with E-state index in [1.54, 1.807) is 6.07 Å². The lowest BCUT2D eigenvalue weighted by molar-refractivity contribution is -0.137. The van der Waals surface area contributed by atoms with Gasteiger partial charge in [0.1, 0.15) is 4.62 Å². The van der Waals surface area contributed by atoms with Gasteiger partial charge in [0.05, 0.1) is 5.56 Å². The molecule has 0 fully saturated rings. The number of benzene rings is 2. The molecule has 1 aliphatic heterocycles. The maximum atomic E-state index is 13.0. The molecule has 7 heteroatoms. The summed E-state index contributed by atoms with van der Waals surface area (Å²) in [6.45, 7) is 4.08. The quantitative estimate of drug-likeness (QED) is 0.586. The largest absolute Gasteiger partial charge is 0.416 e. The second-order valence-electron chi connectivity index (χ2n) is 6.47. The Morgan fingerprint density at radius 2 is 1.96 bits per heavy atom. The number of hydrogen-bond acceptors (Lipinski definition) is 3. The van der Waals surface area contributed by atoms with Gasteiger partial charge in [-0.25, -0.2) is 0 Å². The lowest BCUT2D eigenvalue weighted by Crippen LogP contribution is -2.06. The molecule has 2 aromatic carbocycles. The highest BCUT2D eigenvalue weighted by Crippen LogP contribution is 2.36. The molecule has 0 unspecified atom stereocenters. The van der Waals surface area contributed by atoms with Crippen LogP contribution in [0.3, 0.4) is 0 Å². The van der Waals surface area contributed by atoms with Crippen LogP contribution < -0.4 is 5.32 Å². The molecule has 3 nitrogen and oxygen atoms in total. The van der Waals surface area contributed by atoms with E-state index in [4.69, 9.17) is 4.84 Å². The van der Waals surface area contributed by atoms with Crippen LogP contribution in [0.25, 0.3) is 0 Å². The van der Waals surface area contributed by atoms with Gasteiger partial charge in [-0.1, -0.05) is 37.2 Å². The maximum absolute atomic E-state index is 13.0. The van der Waals surface area contributed by atoms with Gasteiger partial charge in [0, 0.05) is 17.8 Å². The molecule has 0 spiro atoms. The van der Waals surface area contributed by atoms with Crippen molar-refractivity contribution >= 4 is 31.9 Å². The van der Waals surface area contributed by atoms with Crippen molar-refractivity contribution in [1.82, 2.24) is 0 Å². The van der Waals surface area contributed by atoms with Crippen molar-refractivity contribution in [2.45, 2.75) is 38.5 Å². The maximum Gasteiger partial charge on any atom is 0.416 e. The van der Waals surface area contributed by atoms with Crippen LogP contribution in [0.5, 0.6) is 0 Å². The molecule has 0 saturated heterocycles. The van der Waals surface area contributed by atoms with Gasteiger partial charge in [-0.3, -0.25) is 0 Å². The number of rotatable bonds is 4. The first kappa shape index (κ1) is 18.8. The molecule has 138 valence electrons. The van der Waals surface area contributed by atoms with Crippen molar-refractivity contribution in [1.29, 1.82) is 0 Å². The summed E-state index contributed by atoms with van der Waals surface area (Å²) in [5.41, 5.74) is 2.42. The number of oxime groups is 1. The van der Waals surface area contributed by atoms with Gasteiger partial charge in [0.15, 0.2) is 6.10 Å². The number of anilines is 2. The first-order valence-electron chi connectivity index (χ1n) is 8.20. The molecule has 0 aromatic heterocycles. The minimum atomic E-state index is -4.37. The first-order valence-corrected chi connectivity index (χ1v) is 8.99. The standard InChI is InChI=1S/C19H18BrF3N2O/c1-11(2)15-7-6-12(17-10-18(20)25-26-17)8-16(15)24-14-5-3-4-13(9-14)19(21,22)23/h3-9,11,17,24H,10H2,1-2H3/t17-/m0/s1. The Hall–Kier alpha value is -2.02. The Morgan fingerprint density at radius 1 is 1.19 bits per heavy atom. The van der Waals surface area contributed by atoms with Crippen molar-refractivity contribution in [3.05, 3.63) is 59.2 Å². The topological polar surface area (TPSA) is 33.6 Å². The van der Waals surface area contributed by atoms with Crippen LogP contribution in [0.2, 0.25) is 0 Å². The monoisotopic (exact) mass is 426 g/mol. The zero-order valence-corrected chi connectivity index (χ0v) is 15.9. The van der Waals surface area contributed by atoms with E-state index in [1.165, 1.54) is 6.07 Å². The minimum absolute atomic E-state index is 0.201. The fourth-order valence-electron chi connectivity index (χ4n) is 2.84. The highest BCUT2D eigenvalue weighted by Gasteiger charge is 2.30. The third-order valence-electron chi connectivity index (χ3n) is 4.17. The molecule has 26 heavy (non-hydrogen) atoms. The van der Waals surface area contributed by atoms with E-state index in [-0.39, 0.29) is 12.0 Å². The molecule has 0 aliphatic carbocycles. The van der Waals surface area contributed by atoms with Gasteiger partial charge in [0.25, 0.3) is 0 Å². The minimum Gasteiger partial charge on any atom is -0.386 e. The summed E-state index contributed by atoms with van der Waals surface area (Å²) in [7, 11) is 0. The Labute approximate surface area is 158 Å². The Bertz CT molecular complexity index is 834. The van der Waals surface area contributed by atoms with E-state index < -0.39 is 11.7 Å². The number of halogens is 4. The molecule has 1 aliphatic rings. The lowest BCUT2D eigenvalue weighted by atomic mass is 9.96. The van der Waals surface area contributed by atoms with Crippen molar-refractivity contribution in [3.63, 3.8) is 0 Å². The molecule has 0 radical (unpaired) electrons. The molecule has 1 N–H and O–H groups in total. The van der Waals surface area contributed by atoms with Crippen molar-refractivity contribution in [3.8, 4) is 0 Å². The lowest BCUT2D eigenvalue weighted by Gasteiger charge is -2.18. The third-order valence-corrected chi connectivity index (χ3v) is 4.64. The zero-order valence-electron chi connectivity index (χ0n) is 14.3. The first-order chi connectivity index (χ1) is 12.2. The van der Waals surface area contributed by atoms with Crippen molar-refractivity contribution in [2.75, 3.05) is 5.32 Å². The Morgan fingerprint density at radius 3 is 2.58 bits per heavy atom. The fourth-order valence-corrected chi connectivity index (χ4v) is 3.22. The number of nitrogens with zero attached hydrogens (tertiary/aromatic N) is 1. The Kier molecular flexibility index (Phi) is 5.27. The SMILES string of the molecule is CC(C)c1ccc([C@@H]2CC(Br)=NO2)cc1Nc1cccc(C(F)(F)F)c1. The van der Waals surface area contributed by atoms with Crippen LogP contribution in [0.4, 0.5) is 24.5 Å². The van der Waals surface area contributed by atoms with Gasteiger partial charge in [0.2, 0.25) is 0 Å². The van der Waals surface area contributed by atoms with Crippen LogP contribution in [0.1, 0.15) is 49.0 Å². The summed E-state index contributed by atoms with van der Waals surface area (Å²) >= 11 is 3.32.